The molecule has 0 aliphatic carbocycles. The van der Waals surface area contributed by atoms with E-state index in [0.717, 1.165) is 21.3 Å². The Hall–Kier alpha value is -5.01. The first-order chi connectivity index (χ1) is 22.2. The molecule has 0 N–H and O–H groups in total. The Balaban J connectivity index is 1.24. The summed E-state index contributed by atoms with van der Waals surface area (Å²) in [4.78, 5) is 0. The highest BCUT2D eigenvalue weighted by Gasteiger charge is 2.30. The van der Waals surface area contributed by atoms with Crippen molar-refractivity contribution in [2.75, 3.05) is 0 Å². The predicted molar refractivity (Wildman–Crippen MR) is 197 cm³/mol. The Morgan fingerprint density at radius 2 is 0.756 bits per heavy atom. The first-order valence-electron chi connectivity index (χ1n) is 15.2. The molecule has 8 aromatic carbocycles. The Bertz CT molecular complexity index is 2540. The van der Waals surface area contributed by atoms with Crippen molar-refractivity contribution in [1.82, 2.24) is 0 Å². The molecule has 0 amide bonds. The van der Waals surface area contributed by atoms with Gasteiger partial charge in [-0.05, 0) is 79.8 Å². The molecule has 9 rings (SSSR count). The zero-order chi connectivity index (χ0) is 30.0. The molecule has 0 atom stereocenters. The molecule has 0 bridgehead atoms. The molecule has 0 aliphatic rings. The normalized spacial score (nSPS) is 12.1. The van der Waals surface area contributed by atoms with Gasteiger partial charge in [0.15, 0.2) is 7.14 Å². The van der Waals surface area contributed by atoms with E-state index in [-0.39, 0.29) is 0 Å². The van der Waals surface area contributed by atoms with E-state index < -0.39 is 7.14 Å². The van der Waals surface area contributed by atoms with Crippen LogP contribution < -0.4 is 15.9 Å². The van der Waals surface area contributed by atoms with E-state index in [2.05, 4.69) is 103 Å². The van der Waals surface area contributed by atoms with Crippen LogP contribution in [0, 0.1) is 0 Å². The van der Waals surface area contributed by atoms with Gasteiger partial charge in [0.25, 0.3) is 0 Å². The molecular formula is C42H27OPS. The second kappa shape index (κ2) is 10.3. The minimum atomic E-state index is -3.07. The summed E-state index contributed by atoms with van der Waals surface area (Å²) in [5, 5.41) is 12.6. The predicted octanol–water partition coefficient (Wildman–Crippen LogP) is 10.8. The highest BCUT2D eigenvalue weighted by molar-refractivity contribution is 7.85. The van der Waals surface area contributed by atoms with Gasteiger partial charge in [0.1, 0.15) is 0 Å². The molecule has 0 unspecified atom stereocenters. The molecule has 1 nitrogen and oxygen atoms in total. The van der Waals surface area contributed by atoms with Gasteiger partial charge in [0, 0.05) is 36.1 Å². The summed E-state index contributed by atoms with van der Waals surface area (Å²) in [5.41, 5.74) is 2.38. The van der Waals surface area contributed by atoms with Gasteiger partial charge >= 0.3 is 0 Å². The number of fused-ring (bicyclic) bond motifs is 9. The van der Waals surface area contributed by atoms with E-state index in [4.69, 9.17) is 0 Å². The third kappa shape index (κ3) is 4.11. The second-order valence-electron chi connectivity index (χ2n) is 11.6. The van der Waals surface area contributed by atoms with Gasteiger partial charge in [-0.1, -0.05) is 127 Å². The van der Waals surface area contributed by atoms with E-state index in [0.29, 0.717) is 0 Å². The lowest BCUT2D eigenvalue weighted by Crippen LogP contribution is -2.24. The number of rotatable bonds is 4. The standard InChI is InChI=1S/C42H27OPS/c43-44(30-11-3-1-4-12-30,31-13-5-2-6-14-31)32-21-24-42-40(27-32)39-26-29(20-23-41(39)45-42)28-19-22-37-35-17-8-7-15-33(35)34-16-9-10-18-36(34)38(37)25-28/h1-27H. The van der Waals surface area contributed by atoms with Crippen molar-refractivity contribution in [2.24, 2.45) is 0 Å². The van der Waals surface area contributed by atoms with Crippen molar-refractivity contribution < 1.29 is 4.57 Å². The van der Waals surface area contributed by atoms with Gasteiger partial charge in [0.2, 0.25) is 0 Å². The fraction of sp³-hybridized carbons (Fsp3) is 0. The molecule has 0 spiro atoms. The molecule has 212 valence electrons. The molecule has 9 aromatic rings. The molecule has 0 saturated heterocycles. The molecule has 45 heavy (non-hydrogen) atoms. The van der Waals surface area contributed by atoms with Crippen molar-refractivity contribution in [3.8, 4) is 11.1 Å². The van der Waals surface area contributed by atoms with E-state index in [1.807, 2.05) is 60.7 Å². The lowest BCUT2D eigenvalue weighted by molar-refractivity contribution is 0.592. The summed E-state index contributed by atoms with van der Waals surface area (Å²) >= 11 is 1.79. The number of thiophene rings is 1. The maximum atomic E-state index is 15.1. The molecule has 3 heteroatoms. The third-order valence-corrected chi connectivity index (χ3v) is 13.3. The Morgan fingerprint density at radius 1 is 0.333 bits per heavy atom. The van der Waals surface area contributed by atoms with E-state index in [1.165, 1.54) is 58.2 Å². The molecule has 1 aromatic heterocycles. The largest absolute Gasteiger partial charge is 0.309 e. The number of hydrogen-bond acceptors (Lipinski definition) is 2. The van der Waals surface area contributed by atoms with E-state index in [1.54, 1.807) is 11.3 Å². The minimum absolute atomic E-state index is 0.853. The van der Waals surface area contributed by atoms with Crippen LogP contribution in [-0.4, -0.2) is 0 Å². The highest BCUT2D eigenvalue weighted by Crippen LogP contribution is 2.45. The quantitative estimate of drug-likeness (QED) is 0.143. The molecule has 0 radical (unpaired) electrons. The zero-order valence-electron chi connectivity index (χ0n) is 24.4. The van der Waals surface area contributed by atoms with Crippen molar-refractivity contribution in [3.05, 3.63) is 164 Å². The van der Waals surface area contributed by atoms with Crippen LogP contribution in [0.15, 0.2) is 164 Å². The van der Waals surface area contributed by atoms with Crippen molar-refractivity contribution in [1.29, 1.82) is 0 Å². The Labute approximate surface area is 265 Å². The monoisotopic (exact) mass is 610 g/mol. The van der Waals surface area contributed by atoms with E-state index in [9.17, 15) is 0 Å². The smallest absolute Gasteiger partial charge is 0.171 e. The number of benzene rings is 8. The topological polar surface area (TPSA) is 17.1 Å². The van der Waals surface area contributed by atoms with Crippen LogP contribution in [0.25, 0.3) is 63.6 Å². The molecule has 0 fully saturated rings. The Morgan fingerprint density at radius 3 is 1.33 bits per heavy atom. The fourth-order valence-electron chi connectivity index (χ4n) is 6.95. The summed E-state index contributed by atoms with van der Waals surface area (Å²) in [7, 11) is -3.07. The van der Waals surface area contributed by atoms with Gasteiger partial charge in [-0.2, -0.15) is 0 Å². The van der Waals surface area contributed by atoms with Crippen LogP contribution in [0.2, 0.25) is 0 Å². The first-order valence-corrected chi connectivity index (χ1v) is 17.7. The maximum absolute atomic E-state index is 15.1. The summed E-state index contributed by atoms with van der Waals surface area (Å²) in [5.74, 6) is 0. The van der Waals surface area contributed by atoms with Crippen molar-refractivity contribution >= 4 is 86.9 Å². The minimum Gasteiger partial charge on any atom is -0.309 e. The van der Waals surface area contributed by atoms with Gasteiger partial charge in [-0.25, -0.2) is 0 Å². The average Bonchev–Trinajstić information content (AvgIpc) is 3.49. The lowest BCUT2D eigenvalue weighted by Gasteiger charge is -2.20. The summed E-state index contributed by atoms with van der Waals surface area (Å²) < 4.78 is 17.6. The SMILES string of the molecule is O=P(c1ccccc1)(c1ccccc1)c1ccc2sc3ccc(-c4ccc5c6ccccc6c6ccccc6c5c4)cc3c2c1. The van der Waals surface area contributed by atoms with E-state index >= 15 is 4.57 Å². The van der Waals surface area contributed by atoms with Gasteiger partial charge in [-0.3, -0.25) is 0 Å². The van der Waals surface area contributed by atoms with Gasteiger partial charge < -0.3 is 4.57 Å². The highest BCUT2D eigenvalue weighted by atomic mass is 32.1. The fourth-order valence-corrected chi connectivity index (χ4v) is 10.7. The molecule has 0 aliphatic heterocycles. The van der Waals surface area contributed by atoms with Gasteiger partial charge in [0.05, 0.1) is 0 Å². The summed E-state index contributed by atoms with van der Waals surface area (Å²) in [6, 6.07) is 57.4. The van der Waals surface area contributed by atoms with Crippen LogP contribution >= 0.6 is 18.5 Å². The Kier molecular flexibility index (Phi) is 6.03. The van der Waals surface area contributed by atoms with Crippen molar-refractivity contribution in [2.45, 2.75) is 0 Å². The average molecular weight is 611 g/mol. The molecule has 1 heterocycles. The van der Waals surface area contributed by atoms with Gasteiger partial charge in [-0.15, -0.1) is 11.3 Å². The molecular weight excluding hydrogens is 584 g/mol. The lowest BCUT2D eigenvalue weighted by atomic mass is 9.92. The molecule has 0 saturated carbocycles. The first kappa shape index (κ1) is 26.4. The van der Waals surface area contributed by atoms with Crippen LogP contribution in [0.5, 0.6) is 0 Å². The third-order valence-electron chi connectivity index (χ3n) is 9.13. The summed E-state index contributed by atoms with van der Waals surface area (Å²) in [6.07, 6.45) is 0. The maximum Gasteiger partial charge on any atom is 0.171 e. The zero-order valence-corrected chi connectivity index (χ0v) is 26.1. The van der Waals surface area contributed by atoms with Crippen LogP contribution in [0.4, 0.5) is 0 Å². The van der Waals surface area contributed by atoms with Crippen LogP contribution in [0.3, 0.4) is 0 Å². The number of hydrogen-bond donors (Lipinski definition) is 0. The van der Waals surface area contributed by atoms with Crippen LogP contribution in [0.1, 0.15) is 0 Å². The summed E-state index contributed by atoms with van der Waals surface area (Å²) in [6.45, 7) is 0. The second-order valence-corrected chi connectivity index (χ2v) is 15.5. The van der Waals surface area contributed by atoms with Crippen molar-refractivity contribution in [3.63, 3.8) is 0 Å². The van der Waals surface area contributed by atoms with Crippen LogP contribution in [-0.2, 0) is 4.57 Å².